The van der Waals surface area contributed by atoms with Crippen molar-refractivity contribution in [2.75, 3.05) is 7.11 Å². The number of methoxy groups -OCH3 is 1. The Kier molecular flexibility index (Phi) is 3.88. The van der Waals surface area contributed by atoms with Crippen molar-refractivity contribution < 1.29 is 9.53 Å². The molecule has 0 fully saturated rings. The van der Waals surface area contributed by atoms with E-state index < -0.39 is 0 Å². The van der Waals surface area contributed by atoms with Gasteiger partial charge >= 0.3 is 0 Å². The highest BCUT2D eigenvalue weighted by Crippen LogP contribution is 2.16. The van der Waals surface area contributed by atoms with Gasteiger partial charge in [0.1, 0.15) is 11.4 Å². The predicted molar refractivity (Wildman–Crippen MR) is 67.9 cm³/mol. The van der Waals surface area contributed by atoms with E-state index in [1.807, 2.05) is 18.2 Å². The van der Waals surface area contributed by atoms with Crippen LogP contribution < -0.4 is 4.74 Å². The molecule has 0 aliphatic carbocycles. The van der Waals surface area contributed by atoms with Gasteiger partial charge in [-0.15, -0.1) is 11.3 Å². The number of hydrogen-bond acceptors (Lipinski definition) is 4. The number of benzene rings is 1. The second-order valence-electron chi connectivity index (χ2n) is 3.64. The molecule has 1 aromatic heterocycles. The molecular weight excluding hydrogens is 234 g/mol. The number of nitrogens with zero attached hydrogens (tertiary/aromatic N) is 1. The Morgan fingerprint density at radius 3 is 3.00 bits per heavy atom. The van der Waals surface area contributed by atoms with Gasteiger partial charge in [-0.25, -0.2) is 4.98 Å². The zero-order chi connectivity index (χ0) is 12.1. The fraction of sp³-hybridized carbons (Fsp3) is 0.231. The molecule has 0 unspecified atom stereocenters. The second kappa shape index (κ2) is 5.59. The SMILES string of the molecule is COc1cccc(CCc2nc(C=O)cs2)c1. The van der Waals surface area contributed by atoms with E-state index >= 15 is 0 Å². The topological polar surface area (TPSA) is 39.2 Å². The van der Waals surface area contributed by atoms with E-state index in [0.717, 1.165) is 29.9 Å². The first kappa shape index (κ1) is 11.8. The Morgan fingerprint density at radius 1 is 1.41 bits per heavy atom. The molecule has 0 aliphatic heterocycles. The highest BCUT2D eigenvalue weighted by atomic mass is 32.1. The predicted octanol–water partition coefficient (Wildman–Crippen LogP) is 2.75. The summed E-state index contributed by atoms with van der Waals surface area (Å²) in [5, 5.41) is 2.78. The lowest BCUT2D eigenvalue weighted by Crippen LogP contribution is -1.92. The van der Waals surface area contributed by atoms with Crippen LogP contribution in [0, 0.1) is 0 Å². The lowest BCUT2D eigenvalue weighted by atomic mass is 10.1. The maximum absolute atomic E-state index is 10.5. The molecule has 0 saturated heterocycles. The highest BCUT2D eigenvalue weighted by Gasteiger charge is 2.02. The second-order valence-corrected chi connectivity index (χ2v) is 4.58. The largest absolute Gasteiger partial charge is 0.497 e. The van der Waals surface area contributed by atoms with Gasteiger partial charge in [-0.3, -0.25) is 4.79 Å². The standard InChI is InChI=1S/C13H13NO2S/c1-16-12-4-2-3-10(7-12)5-6-13-14-11(8-15)9-17-13/h2-4,7-9H,5-6H2,1H3. The Morgan fingerprint density at radius 2 is 2.29 bits per heavy atom. The van der Waals surface area contributed by atoms with Crippen LogP contribution in [-0.2, 0) is 12.8 Å². The summed E-state index contributed by atoms with van der Waals surface area (Å²) in [7, 11) is 1.66. The van der Waals surface area contributed by atoms with Crippen molar-refractivity contribution in [2.24, 2.45) is 0 Å². The third-order valence-electron chi connectivity index (χ3n) is 2.45. The van der Waals surface area contributed by atoms with Gasteiger partial charge in [-0.1, -0.05) is 12.1 Å². The van der Waals surface area contributed by atoms with E-state index in [1.165, 1.54) is 16.9 Å². The highest BCUT2D eigenvalue weighted by molar-refractivity contribution is 7.09. The monoisotopic (exact) mass is 247 g/mol. The minimum Gasteiger partial charge on any atom is -0.497 e. The van der Waals surface area contributed by atoms with Crippen LogP contribution in [0.5, 0.6) is 5.75 Å². The van der Waals surface area contributed by atoms with Crippen LogP contribution in [0.15, 0.2) is 29.6 Å². The molecule has 0 bridgehead atoms. The van der Waals surface area contributed by atoms with Gasteiger partial charge in [0, 0.05) is 11.8 Å². The molecule has 0 amide bonds. The molecule has 0 radical (unpaired) electrons. The molecule has 1 aromatic carbocycles. The van der Waals surface area contributed by atoms with Gasteiger partial charge in [0.15, 0.2) is 6.29 Å². The maximum Gasteiger partial charge on any atom is 0.169 e. The van der Waals surface area contributed by atoms with E-state index in [0.29, 0.717) is 5.69 Å². The third-order valence-corrected chi connectivity index (χ3v) is 3.38. The number of aromatic nitrogens is 1. The van der Waals surface area contributed by atoms with Crippen LogP contribution in [-0.4, -0.2) is 18.4 Å². The van der Waals surface area contributed by atoms with Crippen molar-refractivity contribution in [3.63, 3.8) is 0 Å². The lowest BCUT2D eigenvalue weighted by Gasteiger charge is -2.03. The molecule has 88 valence electrons. The minimum absolute atomic E-state index is 0.524. The average molecular weight is 247 g/mol. The minimum atomic E-state index is 0.524. The molecule has 0 spiro atoms. The Bertz CT molecular complexity index is 508. The fourth-order valence-electron chi connectivity index (χ4n) is 1.57. The number of hydrogen-bond donors (Lipinski definition) is 0. The summed E-state index contributed by atoms with van der Waals surface area (Å²) in [6.45, 7) is 0. The fourth-order valence-corrected chi connectivity index (χ4v) is 2.32. The molecule has 1 heterocycles. The number of carbonyl (C=O) groups is 1. The smallest absolute Gasteiger partial charge is 0.169 e. The molecule has 4 heteroatoms. The summed E-state index contributed by atoms with van der Waals surface area (Å²) in [6, 6.07) is 8.00. The van der Waals surface area contributed by atoms with Gasteiger partial charge in [0.25, 0.3) is 0 Å². The summed E-state index contributed by atoms with van der Waals surface area (Å²) >= 11 is 1.53. The van der Waals surface area contributed by atoms with Gasteiger partial charge in [-0.2, -0.15) is 0 Å². The molecular formula is C13H13NO2S. The summed E-state index contributed by atoms with van der Waals surface area (Å²) < 4.78 is 5.17. The van der Waals surface area contributed by atoms with Crippen LogP contribution in [0.2, 0.25) is 0 Å². The molecule has 17 heavy (non-hydrogen) atoms. The van der Waals surface area contributed by atoms with Gasteiger partial charge in [0.2, 0.25) is 0 Å². The number of carbonyl (C=O) groups excluding carboxylic acids is 1. The molecule has 0 atom stereocenters. The molecule has 2 rings (SSSR count). The molecule has 3 nitrogen and oxygen atoms in total. The number of aldehydes is 1. The quantitative estimate of drug-likeness (QED) is 0.763. The first-order valence-electron chi connectivity index (χ1n) is 5.34. The Balaban J connectivity index is 1.99. The third kappa shape index (κ3) is 3.14. The Hall–Kier alpha value is -1.68. The number of rotatable bonds is 5. The van der Waals surface area contributed by atoms with Crippen LogP contribution in [0.25, 0.3) is 0 Å². The van der Waals surface area contributed by atoms with Crippen molar-refractivity contribution in [1.82, 2.24) is 4.98 Å². The normalized spacial score (nSPS) is 10.2. The van der Waals surface area contributed by atoms with Crippen molar-refractivity contribution in [3.05, 3.63) is 45.9 Å². The number of ether oxygens (including phenoxy) is 1. The van der Waals surface area contributed by atoms with E-state index in [4.69, 9.17) is 4.74 Å². The first-order chi connectivity index (χ1) is 8.31. The van der Waals surface area contributed by atoms with Crippen LogP contribution in [0.1, 0.15) is 21.1 Å². The van der Waals surface area contributed by atoms with Crippen LogP contribution >= 0.6 is 11.3 Å². The van der Waals surface area contributed by atoms with E-state index in [9.17, 15) is 4.79 Å². The van der Waals surface area contributed by atoms with Gasteiger partial charge < -0.3 is 4.74 Å². The zero-order valence-corrected chi connectivity index (χ0v) is 10.4. The summed E-state index contributed by atoms with van der Waals surface area (Å²) in [5.74, 6) is 0.871. The maximum atomic E-state index is 10.5. The van der Waals surface area contributed by atoms with E-state index in [-0.39, 0.29) is 0 Å². The van der Waals surface area contributed by atoms with Crippen molar-refractivity contribution >= 4 is 17.6 Å². The summed E-state index contributed by atoms with van der Waals surface area (Å²) in [5.41, 5.74) is 1.74. The average Bonchev–Trinajstić information content (AvgIpc) is 2.84. The Labute approximate surface area is 104 Å². The van der Waals surface area contributed by atoms with Crippen molar-refractivity contribution in [2.45, 2.75) is 12.8 Å². The molecule has 0 N–H and O–H groups in total. The molecule has 0 saturated carbocycles. The molecule has 0 aliphatic rings. The first-order valence-corrected chi connectivity index (χ1v) is 6.22. The molecule has 2 aromatic rings. The lowest BCUT2D eigenvalue weighted by molar-refractivity contribution is 0.111. The summed E-state index contributed by atoms with van der Waals surface area (Å²) in [4.78, 5) is 14.7. The zero-order valence-electron chi connectivity index (χ0n) is 9.55. The number of thiazole rings is 1. The van der Waals surface area contributed by atoms with Gasteiger partial charge in [-0.05, 0) is 24.1 Å². The van der Waals surface area contributed by atoms with Crippen molar-refractivity contribution in [3.8, 4) is 5.75 Å². The van der Waals surface area contributed by atoms with Crippen molar-refractivity contribution in [1.29, 1.82) is 0 Å². The number of aryl methyl sites for hydroxylation is 2. The van der Waals surface area contributed by atoms with Crippen LogP contribution in [0.4, 0.5) is 0 Å². The summed E-state index contributed by atoms with van der Waals surface area (Å²) in [6.07, 6.45) is 2.54. The van der Waals surface area contributed by atoms with E-state index in [1.54, 1.807) is 12.5 Å². The van der Waals surface area contributed by atoms with Crippen LogP contribution in [0.3, 0.4) is 0 Å². The van der Waals surface area contributed by atoms with Gasteiger partial charge in [0.05, 0.1) is 12.1 Å². The van der Waals surface area contributed by atoms with E-state index in [2.05, 4.69) is 11.1 Å².